The molecule has 4 nitrogen and oxygen atoms in total. The van der Waals surface area contributed by atoms with Crippen LogP contribution in [0.1, 0.15) is 64.4 Å². The molecule has 2 aromatic rings. The van der Waals surface area contributed by atoms with E-state index in [9.17, 15) is 9.59 Å². The van der Waals surface area contributed by atoms with Crippen LogP contribution in [0.2, 0.25) is 0 Å². The van der Waals surface area contributed by atoms with Gasteiger partial charge in [-0.3, -0.25) is 14.5 Å². The molecule has 0 bridgehead atoms. The minimum absolute atomic E-state index is 0.219. The molecule has 1 aliphatic heterocycles. The monoisotopic (exact) mass is 351 g/mol. The summed E-state index contributed by atoms with van der Waals surface area (Å²) in [6, 6.07) is 14.9. The van der Waals surface area contributed by atoms with Crippen molar-refractivity contribution in [2.45, 2.75) is 45.8 Å². The Morgan fingerprint density at radius 2 is 1.54 bits per heavy atom. The maximum atomic E-state index is 12.5. The number of amides is 2. The van der Waals surface area contributed by atoms with Crippen LogP contribution in [0.25, 0.3) is 0 Å². The number of carbonyl (C=O) groups excluding carboxylic acids is 2. The second-order valence-corrected chi connectivity index (χ2v) is 6.68. The van der Waals surface area contributed by atoms with Crippen molar-refractivity contribution in [3.8, 4) is 0 Å². The molecule has 26 heavy (non-hydrogen) atoms. The molecule has 0 radical (unpaired) electrons. The normalized spacial score (nSPS) is 13.3. The van der Waals surface area contributed by atoms with E-state index in [-0.39, 0.29) is 18.4 Å². The van der Waals surface area contributed by atoms with Crippen LogP contribution in [-0.4, -0.2) is 23.3 Å². The Bertz CT molecular complexity index is 749. The van der Waals surface area contributed by atoms with Gasteiger partial charge in [-0.05, 0) is 29.7 Å². The Balaban J connectivity index is 1.58. The van der Waals surface area contributed by atoms with Crippen molar-refractivity contribution in [3.05, 3.63) is 70.8 Å². The second kappa shape index (κ2) is 8.77. The lowest BCUT2D eigenvalue weighted by molar-refractivity contribution is 0.0642. The van der Waals surface area contributed by atoms with Gasteiger partial charge in [0.1, 0.15) is 0 Å². The summed E-state index contributed by atoms with van der Waals surface area (Å²) in [4.78, 5) is 26.3. The molecule has 3 rings (SSSR count). The van der Waals surface area contributed by atoms with Gasteiger partial charge in [0.2, 0.25) is 0 Å². The number of hydrogen-bond donors (Lipinski definition) is 0. The number of imide groups is 1. The zero-order valence-electron chi connectivity index (χ0n) is 15.2. The van der Waals surface area contributed by atoms with E-state index in [0.717, 1.165) is 24.2 Å². The van der Waals surface area contributed by atoms with Crippen LogP contribution < -0.4 is 0 Å². The summed E-state index contributed by atoms with van der Waals surface area (Å²) >= 11 is 0. The molecule has 0 unspecified atom stereocenters. The van der Waals surface area contributed by atoms with E-state index in [1.807, 2.05) is 24.3 Å². The lowest BCUT2D eigenvalue weighted by Gasteiger charge is -2.14. The molecule has 0 atom stereocenters. The summed E-state index contributed by atoms with van der Waals surface area (Å²) in [5, 5.41) is 0. The number of ether oxygens (including phenoxy) is 1. The summed E-state index contributed by atoms with van der Waals surface area (Å²) in [5.41, 5.74) is 2.98. The molecule has 1 aliphatic rings. The summed E-state index contributed by atoms with van der Waals surface area (Å²) in [7, 11) is 0. The predicted octanol–water partition coefficient (Wildman–Crippen LogP) is 4.58. The molecule has 0 N–H and O–H groups in total. The maximum absolute atomic E-state index is 12.5. The highest BCUT2D eigenvalue weighted by Gasteiger charge is 2.34. The van der Waals surface area contributed by atoms with Crippen molar-refractivity contribution in [2.24, 2.45) is 0 Å². The number of fused-ring (bicyclic) bond motifs is 1. The van der Waals surface area contributed by atoms with Gasteiger partial charge < -0.3 is 4.74 Å². The quantitative estimate of drug-likeness (QED) is 0.491. The van der Waals surface area contributed by atoms with Crippen LogP contribution >= 0.6 is 0 Å². The van der Waals surface area contributed by atoms with Crippen LogP contribution in [0.4, 0.5) is 0 Å². The summed E-state index contributed by atoms with van der Waals surface area (Å²) < 4.78 is 5.74. The molecule has 0 fully saturated rings. The molecule has 2 amide bonds. The van der Waals surface area contributed by atoms with Gasteiger partial charge in [-0.2, -0.15) is 0 Å². The third-order valence-electron chi connectivity index (χ3n) is 4.62. The SMILES string of the molecule is CCCCCCOCc1cccc(CN2C(=O)c3ccccc3C2=O)c1. The number of rotatable bonds is 9. The van der Waals surface area contributed by atoms with Crippen LogP contribution in [0, 0.1) is 0 Å². The zero-order chi connectivity index (χ0) is 18.4. The first-order valence-electron chi connectivity index (χ1n) is 9.31. The van der Waals surface area contributed by atoms with Gasteiger partial charge in [0, 0.05) is 6.61 Å². The number of benzene rings is 2. The Hall–Kier alpha value is -2.46. The summed E-state index contributed by atoms with van der Waals surface area (Å²) in [5.74, 6) is -0.439. The number of unbranched alkanes of at least 4 members (excludes halogenated alkanes) is 3. The first-order valence-corrected chi connectivity index (χ1v) is 9.31. The zero-order valence-corrected chi connectivity index (χ0v) is 15.2. The Morgan fingerprint density at radius 1 is 0.846 bits per heavy atom. The standard InChI is InChI=1S/C22H25NO3/c1-2-3-4-7-13-26-16-18-10-8-9-17(14-18)15-23-21(24)19-11-5-6-12-20(19)22(23)25/h5-6,8-12,14H,2-4,7,13,15-16H2,1H3. The van der Waals surface area contributed by atoms with E-state index in [1.54, 1.807) is 24.3 Å². The van der Waals surface area contributed by atoms with Crippen molar-refractivity contribution < 1.29 is 14.3 Å². The minimum Gasteiger partial charge on any atom is -0.377 e. The van der Waals surface area contributed by atoms with Crippen molar-refractivity contribution in [1.29, 1.82) is 0 Å². The van der Waals surface area contributed by atoms with Gasteiger partial charge in [0.15, 0.2) is 0 Å². The van der Waals surface area contributed by atoms with E-state index >= 15 is 0 Å². The van der Waals surface area contributed by atoms with E-state index in [0.29, 0.717) is 17.7 Å². The Morgan fingerprint density at radius 3 is 2.23 bits per heavy atom. The molecule has 0 saturated heterocycles. The van der Waals surface area contributed by atoms with E-state index in [4.69, 9.17) is 4.74 Å². The number of carbonyl (C=O) groups is 2. The van der Waals surface area contributed by atoms with Crippen molar-refractivity contribution in [3.63, 3.8) is 0 Å². The first kappa shape index (κ1) is 18.3. The first-order chi connectivity index (χ1) is 12.7. The lowest BCUT2D eigenvalue weighted by atomic mass is 10.1. The Kier molecular flexibility index (Phi) is 6.18. The number of hydrogen-bond acceptors (Lipinski definition) is 3. The molecular weight excluding hydrogens is 326 g/mol. The average Bonchev–Trinajstić information content (AvgIpc) is 2.90. The molecule has 136 valence electrons. The highest BCUT2D eigenvalue weighted by molar-refractivity contribution is 6.21. The molecule has 2 aromatic carbocycles. The van der Waals surface area contributed by atoms with Gasteiger partial charge >= 0.3 is 0 Å². The number of nitrogens with zero attached hydrogens (tertiary/aromatic N) is 1. The molecule has 1 heterocycles. The third-order valence-corrected chi connectivity index (χ3v) is 4.62. The summed E-state index contributed by atoms with van der Waals surface area (Å²) in [6.07, 6.45) is 4.76. The lowest BCUT2D eigenvalue weighted by Crippen LogP contribution is -2.29. The largest absolute Gasteiger partial charge is 0.377 e. The fraction of sp³-hybridized carbons (Fsp3) is 0.364. The third kappa shape index (κ3) is 4.20. The molecule has 0 aromatic heterocycles. The highest BCUT2D eigenvalue weighted by atomic mass is 16.5. The predicted molar refractivity (Wildman–Crippen MR) is 101 cm³/mol. The molecule has 4 heteroatoms. The van der Waals surface area contributed by atoms with Crippen LogP contribution in [0.3, 0.4) is 0 Å². The summed E-state index contributed by atoms with van der Waals surface area (Å²) in [6.45, 7) is 3.81. The van der Waals surface area contributed by atoms with Gasteiger partial charge in [-0.1, -0.05) is 62.6 Å². The fourth-order valence-electron chi connectivity index (χ4n) is 3.20. The maximum Gasteiger partial charge on any atom is 0.261 e. The fourth-order valence-corrected chi connectivity index (χ4v) is 3.20. The van der Waals surface area contributed by atoms with Gasteiger partial charge in [0.25, 0.3) is 11.8 Å². The molecule has 0 aliphatic carbocycles. The van der Waals surface area contributed by atoms with Crippen LogP contribution in [0.5, 0.6) is 0 Å². The van der Waals surface area contributed by atoms with Gasteiger partial charge in [-0.25, -0.2) is 0 Å². The molecule has 0 saturated carbocycles. The molecular formula is C22H25NO3. The minimum atomic E-state index is -0.219. The van der Waals surface area contributed by atoms with E-state index in [2.05, 4.69) is 6.92 Å². The molecule has 0 spiro atoms. The van der Waals surface area contributed by atoms with E-state index < -0.39 is 0 Å². The van der Waals surface area contributed by atoms with Crippen molar-refractivity contribution >= 4 is 11.8 Å². The second-order valence-electron chi connectivity index (χ2n) is 6.68. The van der Waals surface area contributed by atoms with Crippen molar-refractivity contribution in [2.75, 3.05) is 6.61 Å². The van der Waals surface area contributed by atoms with Crippen molar-refractivity contribution in [1.82, 2.24) is 4.90 Å². The Labute approximate surface area is 154 Å². The van der Waals surface area contributed by atoms with Gasteiger partial charge in [0.05, 0.1) is 24.3 Å². The van der Waals surface area contributed by atoms with Crippen LogP contribution in [-0.2, 0) is 17.9 Å². The highest BCUT2D eigenvalue weighted by Crippen LogP contribution is 2.24. The smallest absolute Gasteiger partial charge is 0.261 e. The topological polar surface area (TPSA) is 46.6 Å². The average molecular weight is 351 g/mol. The van der Waals surface area contributed by atoms with Gasteiger partial charge in [-0.15, -0.1) is 0 Å². The van der Waals surface area contributed by atoms with Crippen LogP contribution in [0.15, 0.2) is 48.5 Å². The van der Waals surface area contributed by atoms with E-state index in [1.165, 1.54) is 24.2 Å².